The lowest BCUT2D eigenvalue weighted by Crippen LogP contribution is -2.33. The van der Waals surface area contributed by atoms with Gasteiger partial charge in [0, 0.05) is 23.5 Å². The van der Waals surface area contributed by atoms with Crippen molar-refractivity contribution in [3.63, 3.8) is 0 Å². The van der Waals surface area contributed by atoms with Gasteiger partial charge in [-0.05, 0) is 18.8 Å². The number of hydrogen-bond donors (Lipinski definition) is 2. The van der Waals surface area contributed by atoms with Crippen molar-refractivity contribution in [3.05, 3.63) is 16.1 Å². The second-order valence-corrected chi connectivity index (χ2v) is 6.83. The average Bonchev–Trinajstić information content (AvgIpc) is 2.58. The van der Waals surface area contributed by atoms with E-state index in [1.165, 1.54) is 0 Å². The van der Waals surface area contributed by atoms with Gasteiger partial charge in [-0.2, -0.15) is 0 Å². The van der Waals surface area contributed by atoms with Gasteiger partial charge in [0.2, 0.25) is 5.91 Å². The van der Waals surface area contributed by atoms with E-state index in [9.17, 15) is 4.79 Å². The Labute approximate surface area is 113 Å². The number of aromatic nitrogens is 1. The van der Waals surface area contributed by atoms with Crippen molar-refractivity contribution in [1.29, 1.82) is 0 Å². The molecular formula is C13H23N3OS. The van der Waals surface area contributed by atoms with Gasteiger partial charge in [-0.25, -0.2) is 4.98 Å². The molecule has 0 aromatic carbocycles. The third kappa shape index (κ3) is 6.12. The van der Waals surface area contributed by atoms with Crippen LogP contribution in [0.25, 0.3) is 0 Å². The lowest BCUT2D eigenvalue weighted by molar-refractivity contribution is -0.121. The van der Waals surface area contributed by atoms with E-state index in [4.69, 9.17) is 5.73 Å². The van der Waals surface area contributed by atoms with E-state index in [1.54, 1.807) is 11.3 Å². The van der Waals surface area contributed by atoms with Gasteiger partial charge in [0.05, 0.1) is 6.54 Å². The van der Waals surface area contributed by atoms with Crippen LogP contribution in [0.5, 0.6) is 0 Å². The molecule has 0 aliphatic rings. The third-order valence-electron chi connectivity index (χ3n) is 2.43. The van der Waals surface area contributed by atoms with Crippen LogP contribution in [0.3, 0.4) is 0 Å². The molecule has 0 aliphatic carbocycles. The number of rotatable bonds is 5. The summed E-state index contributed by atoms with van der Waals surface area (Å²) in [5.41, 5.74) is 7.11. The minimum absolute atomic E-state index is 0.000368. The summed E-state index contributed by atoms with van der Waals surface area (Å²) < 4.78 is 0. The molecule has 0 bridgehead atoms. The predicted molar refractivity (Wildman–Crippen MR) is 75.4 cm³/mol. The quantitative estimate of drug-likeness (QED) is 0.861. The topological polar surface area (TPSA) is 68.0 Å². The minimum Gasteiger partial charge on any atom is -0.350 e. The first kappa shape index (κ1) is 15.1. The molecule has 4 nitrogen and oxygen atoms in total. The van der Waals surface area contributed by atoms with Crippen molar-refractivity contribution in [2.24, 2.45) is 11.1 Å². The number of carbonyl (C=O) groups excluding carboxylic acids is 1. The fraction of sp³-hybridized carbons (Fsp3) is 0.692. The summed E-state index contributed by atoms with van der Waals surface area (Å²) in [6, 6.07) is -0.0805. The molecule has 1 heterocycles. The number of hydrogen-bond acceptors (Lipinski definition) is 4. The molecule has 102 valence electrons. The summed E-state index contributed by atoms with van der Waals surface area (Å²) in [5, 5.41) is 5.77. The van der Waals surface area contributed by atoms with Crippen LogP contribution >= 0.6 is 11.3 Å². The molecule has 1 atom stereocenters. The fourth-order valence-corrected chi connectivity index (χ4v) is 2.54. The third-order valence-corrected chi connectivity index (χ3v) is 3.39. The highest BCUT2D eigenvalue weighted by atomic mass is 32.1. The standard InChI is InChI=1S/C13H23N3OS/c1-9-8-18-12(16-9)7-15-11(17)5-10(14)6-13(2,3)4/h8,10H,5-7,14H2,1-4H3,(H,15,17). The number of nitrogens with two attached hydrogens (primary N) is 1. The van der Waals surface area contributed by atoms with E-state index in [2.05, 4.69) is 31.1 Å². The van der Waals surface area contributed by atoms with Gasteiger partial charge in [0.25, 0.3) is 0 Å². The second-order valence-electron chi connectivity index (χ2n) is 5.89. The Morgan fingerprint density at radius 3 is 2.72 bits per heavy atom. The Hall–Kier alpha value is -0.940. The van der Waals surface area contributed by atoms with Crippen molar-refractivity contribution in [1.82, 2.24) is 10.3 Å². The lowest BCUT2D eigenvalue weighted by atomic mass is 9.87. The number of aryl methyl sites for hydroxylation is 1. The molecule has 0 spiro atoms. The van der Waals surface area contributed by atoms with Crippen LogP contribution in [0.2, 0.25) is 0 Å². The van der Waals surface area contributed by atoms with Crippen LogP contribution in [0.1, 0.15) is 44.3 Å². The van der Waals surface area contributed by atoms with Crippen molar-refractivity contribution < 1.29 is 4.79 Å². The maximum Gasteiger partial charge on any atom is 0.221 e. The Balaban J connectivity index is 2.29. The van der Waals surface area contributed by atoms with Gasteiger partial charge < -0.3 is 11.1 Å². The summed E-state index contributed by atoms with van der Waals surface area (Å²) in [4.78, 5) is 16.0. The SMILES string of the molecule is Cc1csc(CNC(=O)CC(N)CC(C)(C)C)n1. The number of carbonyl (C=O) groups is 1. The summed E-state index contributed by atoms with van der Waals surface area (Å²) in [6.45, 7) is 8.83. The summed E-state index contributed by atoms with van der Waals surface area (Å²) in [5.74, 6) is -0.000368. The Bertz CT molecular complexity index is 395. The van der Waals surface area contributed by atoms with Crippen molar-refractivity contribution in [2.75, 3.05) is 0 Å². The maximum atomic E-state index is 11.7. The fourth-order valence-electron chi connectivity index (χ4n) is 1.83. The molecular weight excluding hydrogens is 246 g/mol. The highest BCUT2D eigenvalue weighted by Crippen LogP contribution is 2.20. The molecule has 5 heteroatoms. The normalized spacial score (nSPS) is 13.4. The molecule has 0 saturated heterocycles. The van der Waals surface area contributed by atoms with E-state index in [1.807, 2.05) is 12.3 Å². The molecule has 3 N–H and O–H groups in total. The zero-order valence-corrected chi connectivity index (χ0v) is 12.4. The van der Waals surface area contributed by atoms with Crippen molar-refractivity contribution in [3.8, 4) is 0 Å². The van der Waals surface area contributed by atoms with Gasteiger partial charge in [-0.3, -0.25) is 4.79 Å². The molecule has 0 aliphatic heterocycles. The summed E-state index contributed by atoms with van der Waals surface area (Å²) in [7, 11) is 0. The number of amides is 1. The van der Waals surface area contributed by atoms with E-state index in [0.29, 0.717) is 13.0 Å². The zero-order valence-electron chi connectivity index (χ0n) is 11.6. The average molecular weight is 269 g/mol. The first-order valence-electron chi connectivity index (χ1n) is 6.19. The Morgan fingerprint density at radius 1 is 1.56 bits per heavy atom. The number of nitrogens with zero attached hydrogens (tertiary/aromatic N) is 1. The van der Waals surface area contributed by atoms with E-state index in [-0.39, 0.29) is 17.4 Å². The summed E-state index contributed by atoms with van der Waals surface area (Å²) >= 11 is 1.56. The summed E-state index contributed by atoms with van der Waals surface area (Å²) in [6.07, 6.45) is 1.22. The molecule has 18 heavy (non-hydrogen) atoms. The first-order valence-corrected chi connectivity index (χ1v) is 7.07. The van der Waals surface area contributed by atoms with Gasteiger partial charge in [0.1, 0.15) is 5.01 Å². The van der Waals surface area contributed by atoms with Crippen molar-refractivity contribution in [2.45, 2.75) is 53.1 Å². The predicted octanol–water partition coefficient (Wildman–Crippen LogP) is 2.22. The van der Waals surface area contributed by atoms with Gasteiger partial charge in [0.15, 0.2) is 0 Å². The van der Waals surface area contributed by atoms with Crippen LogP contribution in [-0.4, -0.2) is 16.9 Å². The first-order chi connectivity index (χ1) is 8.26. The highest BCUT2D eigenvalue weighted by Gasteiger charge is 2.18. The number of nitrogens with one attached hydrogen (secondary N) is 1. The largest absolute Gasteiger partial charge is 0.350 e. The zero-order chi connectivity index (χ0) is 13.8. The van der Waals surface area contributed by atoms with Crippen LogP contribution in [0.4, 0.5) is 0 Å². The monoisotopic (exact) mass is 269 g/mol. The second kappa shape index (κ2) is 6.29. The minimum atomic E-state index is -0.0805. The molecule has 1 rings (SSSR count). The van der Waals surface area contributed by atoms with Crippen LogP contribution in [0.15, 0.2) is 5.38 Å². The lowest BCUT2D eigenvalue weighted by Gasteiger charge is -2.22. The van der Waals surface area contributed by atoms with E-state index in [0.717, 1.165) is 17.1 Å². The van der Waals surface area contributed by atoms with Crippen LogP contribution < -0.4 is 11.1 Å². The van der Waals surface area contributed by atoms with Gasteiger partial charge in [-0.15, -0.1) is 11.3 Å². The van der Waals surface area contributed by atoms with E-state index < -0.39 is 0 Å². The maximum absolute atomic E-state index is 11.7. The molecule has 1 unspecified atom stereocenters. The number of thiazole rings is 1. The molecule has 0 saturated carbocycles. The highest BCUT2D eigenvalue weighted by molar-refractivity contribution is 7.09. The van der Waals surface area contributed by atoms with E-state index >= 15 is 0 Å². The molecule has 0 radical (unpaired) electrons. The molecule has 1 aromatic heterocycles. The Morgan fingerprint density at radius 2 is 2.22 bits per heavy atom. The van der Waals surface area contributed by atoms with Crippen LogP contribution in [-0.2, 0) is 11.3 Å². The molecule has 1 aromatic rings. The Kier molecular flexibility index (Phi) is 5.28. The van der Waals surface area contributed by atoms with Gasteiger partial charge >= 0.3 is 0 Å². The van der Waals surface area contributed by atoms with Crippen molar-refractivity contribution >= 4 is 17.2 Å². The van der Waals surface area contributed by atoms with Gasteiger partial charge in [-0.1, -0.05) is 20.8 Å². The van der Waals surface area contributed by atoms with Crippen LogP contribution in [0, 0.1) is 12.3 Å². The smallest absolute Gasteiger partial charge is 0.221 e. The molecule has 0 fully saturated rings. The molecule has 1 amide bonds.